The van der Waals surface area contributed by atoms with E-state index in [1.165, 1.54) is 41.3 Å². The molecule has 0 spiro atoms. The Labute approximate surface area is 189 Å². The second kappa shape index (κ2) is 7.88. The number of hydrogen-bond donors (Lipinski definition) is 1. The van der Waals surface area contributed by atoms with Crippen molar-refractivity contribution < 1.29 is 18.0 Å². The van der Waals surface area contributed by atoms with Crippen molar-refractivity contribution in [2.75, 3.05) is 0 Å². The van der Waals surface area contributed by atoms with E-state index >= 15 is 0 Å². The van der Waals surface area contributed by atoms with Crippen LogP contribution < -0.4 is 5.48 Å². The number of halogens is 5. The van der Waals surface area contributed by atoms with Crippen molar-refractivity contribution in [3.05, 3.63) is 87.2 Å². The predicted molar refractivity (Wildman–Crippen MR) is 109 cm³/mol. The molecular formula is C21H10Cl2F3N5O. The maximum atomic E-state index is 14.1. The zero-order chi connectivity index (χ0) is 23.1. The lowest BCUT2D eigenvalue weighted by Crippen LogP contribution is -2.42. The molecule has 2 aromatic carbocycles. The van der Waals surface area contributed by atoms with Gasteiger partial charge in [0.05, 0.1) is 28.7 Å². The van der Waals surface area contributed by atoms with E-state index in [1.54, 1.807) is 0 Å². The van der Waals surface area contributed by atoms with E-state index in [0.29, 0.717) is 11.3 Å². The Hall–Kier alpha value is -3.50. The van der Waals surface area contributed by atoms with Crippen LogP contribution in [-0.4, -0.2) is 16.0 Å². The normalized spacial score (nSPS) is 17.9. The summed E-state index contributed by atoms with van der Waals surface area (Å²) in [4.78, 5) is 5.05. The van der Waals surface area contributed by atoms with E-state index in [9.17, 15) is 18.4 Å². The van der Waals surface area contributed by atoms with E-state index in [4.69, 9.17) is 33.3 Å². The van der Waals surface area contributed by atoms with Crippen LogP contribution in [-0.2, 0) is 10.4 Å². The van der Waals surface area contributed by atoms with Gasteiger partial charge in [-0.1, -0.05) is 29.3 Å². The number of benzene rings is 2. The van der Waals surface area contributed by atoms with Gasteiger partial charge >= 0.3 is 6.18 Å². The minimum absolute atomic E-state index is 0.000322. The van der Waals surface area contributed by atoms with Crippen LogP contribution in [0.25, 0.3) is 11.4 Å². The van der Waals surface area contributed by atoms with Crippen molar-refractivity contribution in [2.24, 2.45) is 0 Å². The molecule has 1 aliphatic rings. The largest absolute Gasteiger partial charge is 0.428 e. The molecule has 0 aliphatic carbocycles. The molecule has 1 unspecified atom stereocenters. The summed E-state index contributed by atoms with van der Waals surface area (Å²) < 4.78 is 43.7. The van der Waals surface area contributed by atoms with Gasteiger partial charge in [-0.25, -0.2) is 4.68 Å². The summed E-state index contributed by atoms with van der Waals surface area (Å²) in [6.45, 7) is 0. The van der Waals surface area contributed by atoms with Gasteiger partial charge in [-0.05, 0) is 36.4 Å². The summed E-state index contributed by atoms with van der Waals surface area (Å²) in [5, 5.41) is 22.6. The monoisotopic (exact) mass is 475 g/mol. The zero-order valence-electron chi connectivity index (χ0n) is 15.8. The van der Waals surface area contributed by atoms with Gasteiger partial charge < -0.3 is 0 Å². The smallest absolute Gasteiger partial charge is 0.265 e. The van der Waals surface area contributed by atoms with E-state index in [1.807, 2.05) is 12.1 Å². The lowest BCUT2D eigenvalue weighted by atomic mass is 9.91. The Balaban J connectivity index is 1.80. The molecule has 1 aliphatic heterocycles. The Kier molecular flexibility index (Phi) is 5.35. The first kappa shape index (κ1) is 21.7. The third kappa shape index (κ3) is 3.67. The van der Waals surface area contributed by atoms with Crippen LogP contribution in [0.4, 0.5) is 13.2 Å². The molecule has 160 valence electrons. The van der Waals surface area contributed by atoms with Crippen LogP contribution in [0.2, 0.25) is 10.0 Å². The predicted octanol–water partition coefficient (Wildman–Crippen LogP) is 5.26. The van der Waals surface area contributed by atoms with Crippen LogP contribution >= 0.6 is 23.2 Å². The Morgan fingerprint density at radius 2 is 1.78 bits per heavy atom. The van der Waals surface area contributed by atoms with Gasteiger partial charge in [-0.2, -0.15) is 28.8 Å². The Morgan fingerprint density at radius 3 is 2.38 bits per heavy atom. The van der Waals surface area contributed by atoms with Gasteiger partial charge in [-0.15, -0.1) is 0 Å². The van der Waals surface area contributed by atoms with Crippen molar-refractivity contribution in [3.8, 4) is 17.8 Å². The molecule has 6 nitrogen and oxygen atoms in total. The third-order valence-electron chi connectivity index (χ3n) is 4.77. The quantitative estimate of drug-likeness (QED) is 0.558. The molecule has 2 heterocycles. The molecule has 1 aromatic heterocycles. The topological polar surface area (TPSA) is 86.7 Å². The fourth-order valence-electron chi connectivity index (χ4n) is 3.26. The summed E-state index contributed by atoms with van der Waals surface area (Å²) in [6.07, 6.45) is -1.22. The number of nitrogens with zero attached hydrogens (tertiary/aromatic N) is 4. The highest BCUT2D eigenvalue weighted by atomic mass is 35.5. The third-order valence-corrected chi connectivity index (χ3v) is 5.21. The second-order valence-corrected chi connectivity index (χ2v) is 7.66. The van der Waals surface area contributed by atoms with E-state index in [-0.39, 0.29) is 32.4 Å². The van der Waals surface area contributed by atoms with Crippen LogP contribution in [0, 0.1) is 22.7 Å². The summed E-state index contributed by atoms with van der Waals surface area (Å²) in [7, 11) is 0. The SMILES string of the molecule is N#Cc1cnn(-c2ccc(C3=CC(c4cc(Cl)cc(Cl)c4)(C(F)(F)F)ON3)cc2C#N)c1. The van der Waals surface area contributed by atoms with Crippen molar-refractivity contribution in [2.45, 2.75) is 11.8 Å². The lowest BCUT2D eigenvalue weighted by molar-refractivity contribution is -0.269. The van der Waals surface area contributed by atoms with Gasteiger partial charge in [0.25, 0.3) is 0 Å². The minimum Gasteiger partial charge on any atom is -0.265 e. The molecule has 1 N–H and O–H groups in total. The zero-order valence-corrected chi connectivity index (χ0v) is 17.3. The number of nitrogens with one attached hydrogen (secondary N) is 1. The summed E-state index contributed by atoms with van der Waals surface area (Å²) in [5.41, 5.74) is 0.230. The maximum Gasteiger partial charge on any atom is 0.428 e. The standard InChI is InChI=1S/C21H10Cl2F3N5O/c22-16-4-15(5-17(23)6-16)20(21(24,25)26)7-18(30-32-20)13-1-2-19(14(3-13)9-28)31-11-12(8-27)10-29-31/h1-7,10-11,30H. The summed E-state index contributed by atoms with van der Waals surface area (Å²) in [5.74, 6) is 0. The minimum atomic E-state index is -4.85. The highest BCUT2D eigenvalue weighted by Crippen LogP contribution is 2.48. The molecule has 0 saturated carbocycles. The molecule has 0 bridgehead atoms. The molecule has 1 atom stereocenters. The number of rotatable bonds is 3. The molecule has 4 rings (SSSR count). The van der Waals surface area contributed by atoms with Gasteiger partial charge in [0.1, 0.15) is 12.1 Å². The number of nitriles is 2. The van der Waals surface area contributed by atoms with E-state index < -0.39 is 11.8 Å². The van der Waals surface area contributed by atoms with Crippen molar-refractivity contribution >= 4 is 28.9 Å². The van der Waals surface area contributed by atoms with Crippen LogP contribution in [0.3, 0.4) is 0 Å². The van der Waals surface area contributed by atoms with E-state index in [0.717, 1.165) is 18.2 Å². The number of alkyl halides is 3. The lowest BCUT2D eigenvalue weighted by Gasteiger charge is -2.28. The van der Waals surface area contributed by atoms with E-state index in [2.05, 4.69) is 10.6 Å². The van der Waals surface area contributed by atoms with Crippen LogP contribution in [0.15, 0.2) is 54.9 Å². The molecule has 0 amide bonds. The van der Waals surface area contributed by atoms with Crippen molar-refractivity contribution in [3.63, 3.8) is 0 Å². The number of hydrogen-bond acceptors (Lipinski definition) is 5. The first-order chi connectivity index (χ1) is 15.2. The average Bonchev–Trinajstić information content (AvgIpc) is 3.40. The fourth-order valence-corrected chi connectivity index (χ4v) is 3.79. The van der Waals surface area contributed by atoms with Gasteiger partial charge in [0.2, 0.25) is 5.60 Å². The van der Waals surface area contributed by atoms with Gasteiger partial charge in [0, 0.05) is 27.4 Å². The first-order valence-corrected chi connectivity index (χ1v) is 9.62. The fraction of sp³-hybridized carbons (Fsp3) is 0.0952. The molecule has 0 fully saturated rings. The van der Waals surface area contributed by atoms with Crippen LogP contribution in [0.5, 0.6) is 0 Å². The highest BCUT2D eigenvalue weighted by Gasteiger charge is 2.59. The van der Waals surface area contributed by atoms with Gasteiger partial charge in [-0.3, -0.25) is 10.3 Å². The van der Waals surface area contributed by atoms with Crippen molar-refractivity contribution in [1.82, 2.24) is 15.3 Å². The Bertz CT molecular complexity index is 1320. The second-order valence-electron chi connectivity index (χ2n) is 6.78. The molecular weight excluding hydrogens is 466 g/mol. The first-order valence-electron chi connectivity index (χ1n) is 8.87. The summed E-state index contributed by atoms with van der Waals surface area (Å²) in [6, 6.07) is 11.9. The molecule has 0 saturated heterocycles. The Morgan fingerprint density at radius 1 is 1.06 bits per heavy atom. The highest BCUT2D eigenvalue weighted by molar-refractivity contribution is 6.34. The summed E-state index contributed by atoms with van der Waals surface area (Å²) >= 11 is 11.8. The maximum absolute atomic E-state index is 14.1. The molecule has 32 heavy (non-hydrogen) atoms. The molecule has 3 aromatic rings. The van der Waals surface area contributed by atoms with Crippen LogP contribution in [0.1, 0.15) is 22.3 Å². The number of hydroxylamine groups is 1. The molecule has 11 heteroatoms. The van der Waals surface area contributed by atoms with Crippen molar-refractivity contribution in [1.29, 1.82) is 10.5 Å². The average molecular weight is 476 g/mol. The molecule has 0 radical (unpaired) electrons. The van der Waals surface area contributed by atoms with Gasteiger partial charge in [0.15, 0.2) is 0 Å². The number of aromatic nitrogens is 2.